The van der Waals surface area contributed by atoms with Gasteiger partial charge in [-0.05, 0) is 62.1 Å². The van der Waals surface area contributed by atoms with E-state index in [4.69, 9.17) is 18.9 Å². The van der Waals surface area contributed by atoms with Crippen molar-refractivity contribution in [2.75, 3.05) is 64.6 Å². The summed E-state index contributed by atoms with van der Waals surface area (Å²) in [5.41, 5.74) is 1.93. The van der Waals surface area contributed by atoms with E-state index in [1.165, 1.54) is 5.56 Å². The Hall–Kier alpha value is -1.87. The molecule has 2 N–H and O–H groups in total. The highest BCUT2D eigenvalue weighted by atomic mass is 16.5. The highest BCUT2D eigenvalue weighted by molar-refractivity contribution is 5.81. The molecule has 1 unspecified atom stereocenters. The summed E-state index contributed by atoms with van der Waals surface area (Å²) in [5.74, 6) is 1.65. The number of hydrogen-bond donors (Lipinski definition) is 2. The number of piperidine rings is 1. The molecule has 1 aromatic carbocycles. The van der Waals surface area contributed by atoms with E-state index in [2.05, 4.69) is 47.6 Å². The van der Waals surface area contributed by atoms with Gasteiger partial charge in [-0.1, -0.05) is 19.9 Å². The number of carbonyl (C=O) groups is 1. The van der Waals surface area contributed by atoms with Crippen molar-refractivity contribution >= 4 is 11.6 Å². The molecule has 0 aliphatic carbocycles. The van der Waals surface area contributed by atoms with E-state index in [1.807, 2.05) is 0 Å². The zero-order chi connectivity index (χ0) is 26.1. The highest BCUT2D eigenvalue weighted by Crippen LogP contribution is 2.33. The van der Waals surface area contributed by atoms with Crippen molar-refractivity contribution in [1.29, 1.82) is 0 Å². The number of benzene rings is 1. The first-order valence-electron chi connectivity index (χ1n) is 14.2. The fraction of sp³-hybridized carbons (Fsp3) is 0.759. The second kappa shape index (κ2) is 13.8. The molecule has 8 nitrogen and oxygen atoms in total. The van der Waals surface area contributed by atoms with Crippen LogP contribution in [-0.2, 0) is 25.6 Å². The van der Waals surface area contributed by atoms with Crippen molar-refractivity contribution in [2.45, 2.75) is 71.1 Å². The molecule has 2 atom stereocenters. The lowest BCUT2D eigenvalue weighted by atomic mass is 9.82. The van der Waals surface area contributed by atoms with Crippen LogP contribution in [0.2, 0.25) is 0 Å². The van der Waals surface area contributed by atoms with Crippen LogP contribution < -0.4 is 20.3 Å². The van der Waals surface area contributed by atoms with E-state index >= 15 is 0 Å². The summed E-state index contributed by atoms with van der Waals surface area (Å²) >= 11 is 0. The van der Waals surface area contributed by atoms with Crippen molar-refractivity contribution in [1.82, 2.24) is 10.6 Å². The van der Waals surface area contributed by atoms with Gasteiger partial charge in [-0.15, -0.1) is 0 Å². The molecule has 2 saturated heterocycles. The number of amides is 1. The lowest BCUT2D eigenvalue weighted by molar-refractivity contribution is -0.130. The molecule has 37 heavy (non-hydrogen) atoms. The first kappa shape index (κ1) is 28.1. The minimum absolute atomic E-state index is 0.159. The number of methoxy groups -OCH3 is 1. The van der Waals surface area contributed by atoms with Crippen LogP contribution in [-0.4, -0.2) is 77.8 Å². The first-order valence-corrected chi connectivity index (χ1v) is 14.2. The summed E-state index contributed by atoms with van der Waals surface area (Å²) in [6, 6.07) is 6.73. The van der Waals surface area contributed by atoms with Crippen molar-refractivity contribution in [3.63, 3.8) is 0 Å². The van der Waals surface area contributed by atoms with Crippen LogP contribution in [0, 0.1) is 11.3 Å². The van der Waals surface area contributed by atoms with Crippen LogP contribution in [0.15, 0.2) is 18.2 Å². The molecule has 0 saturated carbocycles. The van der Waals surface area contributed by atoms with Crippen molar-refractivity contribution in [2.24, 2.45) is 11.3 Å². The van der Waals surface area contributed by atoms with Crippen molar-refractivity contribution in [3.05, 3.63) is 23.8 Å². The molecule has 3 heterocycles. The maximum atomic E-state index is 12.9. The number of carbonyl (C=O) groups excluding carboxylic acids is 1. The second-order valence-electron chi connectivity index (χ2n) is 11.5. The molecule has 1 aromatic rings. The van der Waals surface area contributed by atoms with Crippen LogP contribution in [0.5, 0.6) is 5.75 Å². The quantitative estimate of drug-likeness (QED) is 0.411. The van der Waals surface area contributed by atoms with Gasteiger partial charge in [-0.3, -0.25) is 4.79 Å². The van der Waals surface area contributed by atoms with E-state index in [0.29, 0.717) is 18.6 Å². The number of nitrogens with one attached hydrogen (secondary N) is 2. The van der Waals surface area contributed by atoms with E-state index in [1.54, 1.807) is 7.11 Å². The molecule has 0 spiro atoms. The summed E-state index contributed by atoms with van der Waals surface area (Å²) in [6.45, 7) is 11.3. The molecule has 0 aromatic heterocycles. The molecule has 208 valence electrons. The van der Waals surface area contributed by atoms with Gasteiger partial charge in [-0.25, -0.2) is 0 Å². The third kappa shape index (κ3) is 8.31. The number of rotatable bonds is 12. The molecule has 8 heteroatoms. The fourth-order valence-corrected chi connectivity index (χ4v) is 5.60. The predicted molar refractivity (Wildman–Crippen MR) is 145 cm³/mol. The third-order valence-corrected chi connectivity index (χ3v) is 7.98. The number of anilines is 1. The topological polar surface area (TPSA) is 81.3 Å². The SMILES string of the molecule is COCCCN1CCOc2ccc(CO[C@@H]3CCC(CC(C)(C)C(=O)NCC4CCOCC4)NC3)cc21. The molecule has 0 radical (unpaired) electrons. The average Bonchev–Trinajstić information content (AvgIpc) is 2.92. The Kier molecular flexibility index (Phi) is 10.5. The van der Waals surface area contributed by atoms with Gasteiger partial charge < -0.3 is 34.5 Å². The predicted octanol–water partition coefficient (Wildman–Crippen LogP) is 3.52. The second-order valence-corrected chi connectivity index (χ2v) is 11.5. The van der Waals surface area contributed by atoms with Crippen LogP contribution in [0.4, 0.5) is 5.69 Å². The Morgan fingerprint density at radius 3 is 2.78 bits per heavy atom. The van der Waals surface area contributed by atoms with Gasteiger partial charge in [0.1, 0.15) is 12.4 Å². The lowest BCUT2D eigenvalue weighted by Gasteiger charge is -2.35. The Balaban J connectivity index is 1.19. The normalized spacial score (nSPS) is 22.8. The van der Waals surface area contributed by atoms with Gasteiger partial charge in [0.05, 0.1) is 24.9 Å². The van der Waals surface area contributed by atoms with Gasteiger partial charge in [0.15, 0.2) is 0 Å². The maximum absolute atomic E-state index is 12.9. The van der Waals surface area contributed by atoms with Gasteiger partial charge in [0.2, 0.25) is 5.91 Å². The van der Waals surface area contributed by atoms with E-state index < -0.39 is 5.41 Å². The largest absolute Gasteiger partial charge is 0.490 e. The van der Waals surface area contributed by atoms with E-state index in [9.17, 15) is 4.79 Å². The molecule has 0 bridgehead atoms. The fourth-order valence-electron chi connectivity index (χ4n) is 5.60. The molecular weight excluding hydrogens is 470 g/mol. The minimum Gasteiger partial charge on any atom is -0.490 e. The summed E-state index contributed by atoms with van der Waals surface area (Å²) in [6.07, 6.45) is 6.13. The van der Waals surface area contributed by atoms with E-state index in [0.717, 1.165) is 103 Å². The van der Waals surface area contributed by atoms with Crippen LogP contribution >= 0.6 is 0 Å². The van der Waals surface area contributed by atoms with E-state index in [-0.39, 0.29) is 12.0 Å². The standard InChI is InChI=1S/C29H47N3O5/c1-29(2,28(33)31-19-22-9-14-35-15-10-22)18-24-6-7-25(20-30-24)37-21-23-5-8-27-26(17-23)32(12-16-36-27)11-4-13-34-3/h5,8,17,22,24-25,30H,4,6-7,9-16,18-21H2,1-3H3,(H,31,33)/t24?,25-/m1/s1. The molecule has 4 rings (SSSR count). The summed E-state index contributed by atoms with van der Waals surface area (Å²) < 4.78 is 22.8. The van der Waals surface area contributed by atoms with Crippen LogP contribution in [0.1, 0.15) is 57.9 Å². The minimum atomic E-state index is -0.392. The van der Waals surface area contributed by atoms with Crippen LogP contribution in [0.3, 0.4) is 0 Å². The Morgan fingerprint density at radius 1 is 1.19 bits per heavy atom. The van der Waals surface area contributed by atoms with Gasteiger partial charge in [-0.2, -0.15) is 0 Å². The Morgan fingerprint density at radius 2 is 2.03 bits per heavy atom. The smallest absolute Gasteiger partial charge is 0.225 e. The number of ether oxygens (including phenoxy) is 4. The average molecular weight is 518 g/mol. The van der Waals surface area contributed by atoms with Crippen molar-refractivity contribution in [3.8, 4) is 5.75 Å². The summed E-state index contributed by atoms with van der Waals surface area (Å²) in [4.78, 5) is 15.3. The zero-order valence-electron chi connectivity index (χ0n) is 23.1. The van der Waals surface area contributed by atoms with Gasteiger partial charge >= 0.3 is 0 Å². The monoisotopic (exact) mass is 517 g/mol. The van der Waals surface area contributed by atoms with Crippen molar-refractivity contribution < 1.29 is 23.7 Å². The molecule has 3 aliphatic heterocycles. The first-order chi connectivity index (χ1) is 17.9. The highest BCUT2D eigenvalue weighted by Gasteiger charge is 2.33. The Bertz CT molecular complexity index is 850. The van der Waals surface area contributed by atoms with Gasteiger partial charge in [0, 0.05) is 58.0 Å². The maximum Gasteiger partial charge on any atom is 0.225 e. The number of nitrogens with zero attached hydrogens (tertiary/aromatic N) is 1. The Labute approximate surface area is 222 Å². The number of fused-ring (bicyclic) bond motifs is 1. The summed E-state index contributed by atoms with van der Waals surface area (Å²) in [7, 11) is 1.75. The molecule has 3 aliphatic rings. The lowest BCUT2D eigenvalue weighted by Crippen LogP contribution is -2.48. The van der Waals surface area contributed by atoms with Crippen LogP contribution in [0.25, 0.3) is 0 Å². The molecule has 1 amide bonds. The third-order valence-electron chi connectivity index (χ3n) is 7.98. The molecule has 2 fully saturated rings. The van der Waals surface area contributed by atoms with Gasteiger partial charge in [0.25, 0.3) is 0 Å². The zero-order valence-corrected chi connectivity index (χ0v) is 23.1. The summed E-state index contributed by atoms with van der Waals surface area (Å²) in [5, 5.41) is 6.85. The molecular formula is C29H47N3O5. The number of hydrogen-bond acceptors (Lipinski definition) is 7.